The van der Waals surface area contributed by atoms with Crippen LogP contribution in [0.5, 0.6) is 0 Å². The molecule has 0 radical (unpaired) electrons. The lowest BCUT2D eigenvalue weighted by Crippen LogP contribution is -2.18. The smallest absolute Gasteiger partial charge is 0.0751 e. The molecule has 0 bridgehead atoms. The summed E-state index contributed by atoms with van der Waals surface area (Å²) in [5, 5.41) is 8.03. The van der Waals surface area contributed by atoms with Crippen molar-refractivity contribution in [3.8, 4) is 0 Å². The molecule has 2 rings (SSSR count). The first-order chi connectivity index (χ1) is 10.3. The van der Waals surface area contributed by atoms with Crippen LogP contribution in [0.3, 0.4) is 0 Å². The Bertz CT molecular complexity index is 585. The van der Waals surface area contributed by atoms with E-state index in [1.165, 1.54) is 29.4 Å². The Morgan fingerprint density at radius 1 is 1.24 bits per heavy atom. The predicted molar refractivity (Wildman–Crippen MR) is 90.1 cm³/mol. The number of para-hydroxylation sites is 1. The number of benzene rings is 1. The maximum Gasteiger partial charge on any atom is 0.0751 e. The molecule has 2 N–H and O–H groups in total. The Morgan fingerprint density at radius 3 is 2.95 bits per heavy atom. The van der Waals surface area contributed by atoms with Crippen LogP contribution in [0.15, 0.2) is 48.3 Å². The number of nitrogens with zero attached hydrogens (tertiary/aromatic N) is 1. The largest absolute Gasteiger partial charge is 0.387 e. The fraction of sp³-hybridized carbons (Fsp3) is 0.389. The van der Waals surface area contributed by atoms with Crippen LogP contribution in [0.2, 0.25) is 0 Å². The minimum atomic E-state index is 0.806. The minimum Gasteiger partial charge on any atom is -0.387 e. The highest BCUT2D eigenvalue weighted by atomic mass is 14.9. The normalized spacial score (nSPS) is 11.8. The average Bonchev–Trinajstić information content (AvgIpc) is 2.52. The Balaban J connectivity index is 1.87. The van der Waals surface area contributed by atoms with E-state index in [2.05, 4.69) is 59.9 Å². The molecule has 0 unspecified atom stereocenters. The predicted octanol–water partition coefficient (Wildman–Crippen LogP) is 3.62. The van der Waals surface area contributed by atoms with Crippen LogP contribution < -0.4 is 10.6 Å². The van der Waals surface area contributed by atoms with Gasteiger partial charge in [0, 0.05) is 24.7 Å². The second kappa shape index (κ2) is 8.42. The van der Waals surface area contributed by atoms with Crippen LogP contribution in [-0.2, 0) is 6.54 Å². The molecule has 21 heavy (non-hydrogen) atoms. The Kier molecular flexibility index (Phi) is 6.22. The molecule has 0 aliphatic rings. The molecule has 1 heterocycles. The lowest BCUT2D eigenvalue weighted by atomic mass is 10.1. The van der Waals surface area contributed by atoms with Crippen molar-refractivity contribution in [2.75, 3.05) is 13.1 Å². The molecule has 0 fully saturated rings. The van der Waals surface area contributed by atoms with E-state index in [1.807, 2.05) is 12.3 Å². The lowest BCUT2D eigenvalue weighted by Gasteiger charge is -2.08. The average molecular weight is 283 g/mol. The van der Waals surface area contributed by atoms with Gasteiger partial charge in [0.25, 0.3) is 0 Å². The third kappa shape index (κ3) is 4.87. The second-order valence-electron chi connectivity index (χ2n) is 5.39. The van der Waals surface area contributed by atoms with E-state index in [0.717, 1.165) is 25.2 Å². The van der Waals surface area contributed by atoms with E-state index in [4.69, 9.17) is 0 Å². The lowest BCUT2D eigenvalue weighted by molar-refractivity contribution is 0.668. The van der Waals surface area contributed by atoms with Crippen LogP contribution in [0, 0.1) is 0 Å². The van der Waals surface area contributed by atoms with Crippen LogP contribution >= 0.6 is 0 Å². The van der Waals surface area contributed by atoms with Gasteiger partial charge < -0.3 is 10.6 Å². The molecule has 112 valence electrons. The molecular weight excluding hydrogens is 258 g/mol. The molecule has 0 amide bonds. The monoisotopic (exact) mass is 283 g/mol. The maximum atomic E-state index is 4.48. The Labute approximate surface area is 127 Å². The number of hydrogen-bond acceptors (Lipinski definition) is 3. The van der Waals surface area contributed by atoms with E-state index >= 15 is 0 Å². The molecule has 0 saturated carbocycles. The van der Waals surface area contributed by atoms with Gasteiger partial charge in [-0.15, -0.1) is 0 Å². The summed E-state index contributed by atoms with van der Waals surface area (Å²) >= 11 is 0. The number of fused-ring (bicyclic) bond motifs is 1. The molecule has 0 saturated heterocycles. The van der Waals surface area contributed by atoms with E-state index in [0.29, 0.717) is 0 Å². The highest BCUT2D eigenvalue weighted by molar-refractivity contribution is 5.81. The van der Waals surface area contributed by atoms with Crippen LogP contribution in [-0.4, -0.2) is 18.1 Å². The molecule has 2 aromatic rings. The number of pyridine rings is 1. The van der Waals surface area contributed by atoms with Crippen molar-refractivity contribution in [1.29, 1.82) is 0 Å². The Hall–Kier alpha value is -1.87. The highest BCUT2D eigenvalue weighted by Gasteiger charge is 2.00. The van der Waals surface area contributed by atoms with Crippen LogP contribution in [0.25, 0.3) is 10.9 Å². The first-order valence-corrected chi connectivity index (χ1v) is 7.73. The van der Waals surface area contributed by atoms with Gasteiger partial charge in [0.1, 0.15) is 0 Å². The third-order valence-corrected chi connectivity index (χ3v) is 3.47. The number of aromatic nitrogens is 1. The Morgan fingerprint density at radius 2 is 2.10 bits per heavy atom. The topological polar surface area (TPSA) is 37.0 Å². The standard InChI is InChI=1S/C18H25N3/c1-3-4-10-19-12-15(2)13-20-14-17-8-5-7-16-9-6-11-21-18(16)17/h5-9,11,13,19-20H,3-4,10,12,14H2,1-2H3/b15-13+. The molecule has 0 spiro atoms. The molecule has 3 heteroatoms. The maximum absolute atomic E-state index is 4.48. The highest BCUT2D eigenvalue weighted by Crippen LogP contribution is 2.15. The van der Waals surface area contributed by atoms with Gasteiger partial charge in [0.15, 0.2) is 0 Å². The van der Waals surface area contributed by atoms with Gasteiger partial charge in [-0.2, -0.15) is 0 Å². The van der Waals surface area contributed by atoms with Gasteiger partial charge in [0.2, 0.25) is 0 Å². The van der Waals surface area contributed by atoms with Gasteiger partial charge >= 0.3 is 0 Å². The zero-order chi connectivity index (χ0) is 14.9. The van der Waals surface area contributed by atoms with E-state index in [9.17, 15) is 0 Å². The summed E-state index contributed by atoms with van der Waals surface area (Å²) in [6.07, 6.45) is 6.43. The number of unbranched alkanes of at least 4 members (excludes halogenated alkanes) is 1. The van der Waals surface area contributed by atoms with Crippen LogP contribution in [0.1, 0.15) is 32.3 Å². The summed E-state index contributed by atoms with van der Waals surface area (Å²) in [6.45, 7) is 7.20. The molecule has 1 aromatic carbocycles. The van der Waals surface area contributed by atoms with Crippen molar-refractivity contribution in [1.82, 2.24) is 15.6 Å². The zero-order valence-corrected chi connectivity index (χ0v) is 13.0. The van der Waals surface area contributed by atoms with E-state index in [1.54, 1.807) is 0 Å². The summed E-state index contributed by atoms with van der Waals surface area (Å²) in [6, 6.07) is 10.4. The summed E-state index contributed by atoms with van der Waals surface area (Å²) in [7, 11) is 0. The summed E-state index contributed by atoms with van der Waals surface area (Å²) in [5.41, 5.74) is 3.63. The van der Waals surface area contributed by atoms with Gasteiger partial charge in [-0.3, -0.25) is 4.98 Å². The van der Waals surface area contributed by atoms with Gasteiger partial charge in [-0.05, 0) is 43.3 Å². The second-order valence-corrected chi connectivity index (χ2v) is 5.39. The molecule has 1 aromatic heterocycles. The molecule has 0 atom stereocenters. The van der Waals surface area contributed by atoms with E-state index < -0.39 is 0 Å². The van der Waals surface area contributed by atoms with Gasteiger partial charge in [-0.25, -0.2) is 0 Å². The number of rotatable bonds is 8. The van der Waals surface area contributed by atoms with Crippen molar-refractivity contribution in [2.45, 2.75) is 33.2 Å². The van der Waals surface area contributed by atoms with Crippen molar-refractivity contribution in [3.63, 3.8) is 0 Å². The van der Waals surface area contributed by atoms with Crippen molar-refractivity contribution in [2.24, 2.45) is 0 Å². The van der Waals surface area contributed by atoms with Crippen LogP contribution in [0.4, 0.5) is 0 Å². The van der Waals surface area contributed by atoms with Gasteiger partial charge in [-0.1, -0.05) is 37.6 Å². The molecule has 0 aliphatic heterocycles. The van der Waals surface area contributed by atoms with Gasteiger partial charge in [0.05, 0.1) is 5.52 Å². The van der Waals surface area contributed by atoms with Crippen molar-refractivity contribution >= 4 is 10.9 Å². The van der Waals surface area contributed by atoms with E-state index in [-0.39, 0.29) is 0 Å². The quantitative estimate of drug-likeness (QED) is 0.727. The third-order valence-electron chi connectivity index (χ3n) is 3.47. The number of nitrogens with one attached hydrogen (secondary N) is 2. The molecule has 0 aliphatic carbocycles. The van der Waals surface area contributed by atoms with Crippen molar-refractivity contribution < 1.29 is 0 Å². The van der Waals surface area contributed by atoms with Crippen molar-refractivity contribution in [3.05, 3.63) is 53.9 Å². The minimum absolute atomic E-state index is 0.806. The summed E-state index contributed by atoms with van der Waals surface area (Å²) < 4.78 is 0. The zero-order valence-electron chi connectivity index (χ0n) is 13.0. The molecular formula is C18H25N3. The fourth-order valence-corrected chi connectivity index (χ4v) is 2.28. The molecule has 3 nitrogen and oxygen atoms in total. The SMILES string of the molecule is CCCCNC/C(C)=C/NCc1cccc2cccnc12. The first kappa shape index (κ1) is 15.5. The number of hydrogen-bond donors (Lipinski definition) is 2. The summed E-state index contributed by atoms with van der Waals surface area (Å²) in [5.74, 6) is 0. The fourth-order valence-electron chi connectivity index (χ4n) is 2.28. The first-order valence-electron chi connectivity index (χ1n) is 7.73. The summed E-state index contributed by atoms with van der Waals surface area (Å²) in [4.78, 5) is 4.48.